The second-order valence-corrected chi connectivity index (χ2v) is 5.63. The molecule has 8 nitrogen and oxygen atoms in total. The number of ether oxygens (including phenoxy) is 1. The molecule has 0 unspecified atom stereocenters. The van der Waals surface area contributed by atoms with Crippen molar-refractivity contribution in [3.63, 3.8) is 0 Å². The van der Waals surface area contributed by atoms with E-state index in [1.54, 1.807) is 19.1 Å². The summed E-state index contributed by atoms with van der Waals surface area (Å²) in [4.78, 5) is 21.1. The maximum atomic E-state index is 11.6. The van der Waals surface area contributed by atoms with E-state index in [0.717, 1.165) is 24.2 Å². The Morgan fingerprint density at radius 2 is 2.00 bits per heavy atom. The number of unbranched alkanes of at least 4 members (excludes halogenated alkanes) is 1. The highest BCUT2D eigenvalue weighted by Gasteiger charge is 2.25. The lowest BCUT2D eigenvalue weighted by Gasteiger charge is -2.18. The highest BCUT2D eigenvalue weighted by molar-refractivity contribution is 5.70. The minimum absolute atomic E-state index is 0.102. The predicted molar refractivity (Wildman–Crippen MR) is 97.2 cm³/mol. The highest BCUT2D eigenvalue weighted by Crippen LogP contribution is 2.31. The molecule has 0 atom stereocenters. The number of nitrogens with zero attached hydrogens (tertiary/aromatic N) is 4. The number of nitrogens with one attached hydrogen (secondary N) is 1. The number of methoxy groups -OCH3 is 1. The Balaban J connectivity index is 2.19. The lowest BCUT2D eigenvalue weighted by Crippen LogP contribution is -2.21. The average Bonchev–Trinajstić information content (AvgIpc) is 2.64. The Morgan fingerprint density at radius 1 is 1.28 bits per heavy atom. The van der Waals surface area contributed by atoms with Gasteiger partial charge in [0.05, 0.1) is 12.0 Å². The molecule has 0 aliphatic heterocycles. The smallest absolute Gasteiger partial charge is 0.353 e. The molecule has 1 N–H and O–H groups in total. The topological polar surface area (TPSA) is 93.4 Å². The zero-order valence-electron chi connectivity index (χ0n) is 14.7. The molecule has 0 fully saturated rings. The first kappa shape index (κ1) is 18.4. The lowest BCUT2D eigenvalue weighted by molar-refractivity contribution is -0.383. The van der Waals surface area contributed by atoms with Gasteiger partial charge < -0.3 is 15.0 Å². The minimum atomic E-state index is -0.436. The zero-order valence-corrected chi connectivity index (χ0v) is 14.7. The third-order valence-electron chi connectivity index (χ3n) is 3.81. The summed E-state index contributed by atoms with van der Waals surface area (Å²) in [7, 11) is 3.41. The molecule has 134 valence electrons. The van der Waals surface area contributed by atoms with Crippen LogP contribution < -0.4 is 15.0 Å². The van der Waals surface area contributed by atoms with Gasteiger partial charge in [0.25, 0.3) is 0 Å². The minimum Gasteiger partial charge on any atom is -0.497 e. The first-order valence-corrected chi connectivity index (χ1v) is 8.14. The number of hydrogen-bond acceptors (Lipinski definition) is 7. The van der Waals surface area contributed by atoms with E-state index in [9.17, 15) is 10.1 Å². The maximum Gasteiger partial charge on any atom is 0.353 e. The largest absolute Gasteiger partial charge is 0.497 e. The van der Waals surface area contributed by atoms with E-state index in [1.807, 2.05) is 24.3 Å². The van der Waals surface area contributed by atoms with Crippen molar-refractivity contribution in [3.8, 4) is 5.75 Å². The monoisotopic (exact) mass is 345 g/mol. The third-order valence-corrected chi connectivity index (χ3v) is 3.81. The second-order valence-electron chi connectivity index (χ2n) is 5.63. The van der Waals surface area contributed by atoms with Crippen molar-refractivity contribution < 1.29 is 9.66 Å². The molecule has 0 amide bonds. The number of aromatic nitrogens is 2. The van der Waals surface area contributed by atoms with Crippen molar-refractivity contribution in [2.24, 2.45) is 0 Å². The first-order chi connectivity index (χ1) is 12.1. The van der Waals surface area contributed by atoms with Crippen LogP contribution in [0, 0.1) is 10.1 Å². The van der Waals surface area contributed by atoms with Crippen molar-refractivity contribution in [1.82, 2.24) is 9.97 Å². The van der Waals surface area contributed by atoms with Crippen molar-refractivity contribution in [3.05, 3.63) is 46.3 Å². The fourth-order valence-electron chi connectivity index (χ4n) is 2.38. The van der Waals surface area contributed by atoms with Crippen LogP contribution in [0.2, 0.25) is 0 Å². The zero-order chi connectivity index (χ0) is 18.2. The van der Waals surface area contributed by atoms with Crippen LogP contribution >= 0.6 is 0 Å². The number of anilines is 2. The summed E-state index contributed by atoms with van der Waals surface area (Å²) in [5.74, 6) is 1.30. The third kappa shape index (κ3) is 4.79. The van der Waals surface area contributed by atoms with E-state index in [-0.39, 0.29) is 11.5 Å². The summed E-state index contributed by atoms with van der Waals surface area (Å²) in [6.07, 6.45) is 3.29. The average molecular weight is 345 g/mol. The number of nitro groups is 1. The standard InChI is InChI=1S/C17H23N5O3/c1-4-5-10-21(2)17-15(22(23)24)16(19-12-20-17)18-11-13-6-8-14(25-3)9-7-13/h6-9,12H,4-5,10-11H2,1-3H3,(H,18,19,20). The Bertz CT molecular complexity index is 706. The molecule has 0 saturated heterocycles. The molecule has 0 saturated carbocycles. The normalized spacial score (nSPS) is 10.4. The molecule has 8 heteroatoms. The Morgan fingerprint density at radius 3 is 2.60 bits per heavy atom. The van der Waals surface area contributed by atoms with Gasteiger partial charge in [-0.05, 0) is 24.1 Å². The molecule has 2 rings (SSSR count). The molecule has 0 spiro atoms. The van der Waals surface area contributed by atoms with Crippen LogP contribution in [0.5, 0.6) is 5.75 Å². The summed E-state index contributed by atoms with van der Waals surface area (Å²) in [5, 5.41) is 14.6. The van der Waals surface area contributed by atoms with Gasteiger partial charge in [-0.1, -0.05) is 25.5 Å². The van der Waals surface area contributed by atoms with Crippen LogP contribution in [0.1, 0.15) is 25.3 Å². The summed E-state index contributed by atoms with van der Waals surface area (Å²) in [5.41, 5.74) is 0.865. The van der Waals surface area contributed by atoms with E-state index in [2.05, 4.69) is 22.2 Å². The molecule has 1 aromatic carbocycles. The van der Waals surface area contributed by atoms with Crippen molar-refractivity contribution in [2.75, 3.05) is 30.9 Å². The van der Waals surface area contributed by atoms with E-state index < -0.39 is 4.92 Å². The van der Waals surface area contributed by atoms with Crippen molar-refractivity contribution in [1.29, 1.82) is 0 Å². The van der Waals surface area contributed by atoms with E-state index in [4.69, 9.17) is 4.74 Å². The highest BCUT2D eigenvalue weighted by atomic mass is 16.6. The molecule has 2 aromatic rings. The van der Waals surface area contributed by atoms with Crippen LogP contribution in [-0.4, -0.2) is 35.6 Å². The lowest BCUT2D eigenvalue weighted by atomic mass is 10.2. The van der Waals surface area contributed by atoms with E-state index >= 15 is 0 Å². The fraction of sp³-hybridized carbons (Fsp3) is 0.412. The van der Waals surface area contributed by atoms with Crippen molar-refractivity contribution >= 4 is 17.3 Å². The molecule has 0 aliphatic carbocycles. The Labute approximate surface area is 147 Å². The van der Waals surface area contributed by atoms with Crippen LogP contribution in [0.15, 0.2) is 30.6 Å². The van der Waals surface area contributed by atoms with Gasteiger partial charge in [-0.15, -0.1) is 0 Å². The summed E-state index contributed by atoms with van der Waals surface area (Å²) < 4.78 is 5.12. The van der Waals surface area contributed by atoms with Gasteiger partial charge >= 0.3 is 5.69 Å². The van der Waals surface area contributed by atoms with Gasteiger partial charge in [-0.25, -0.2) is 9.97 Å². The SMILES string of the molecule is CCCCN(C)c1ncnc(NCc2ccc(OC)cc2)c1[N+](=O)[O-]. The molecule has 0 radical (unpaired) electrons. The molecular formula is C17H23N5O3. The van der Waals surface area contributed by atoms with Gasteiger partial charge in [-0.2, -0.15) is 0 Å². The number of benzene rings is 1. The Kier molecular flexibility index (Phi) is 6.50. The number of hydrogen-bond donors (Lipinski definition) is 1. The Hall–Kier alpha value is -2.90. The van der Waals surface area contributed by atoms with Gasteiger partial charge in [0.2, 0.25) is 11.6 Å². The number of rotatable bonds is 9. The predicted octanol–water partition coefficient (Wildman–Crippen LogP) is 3.24. The fourth-order valence-corrected chi connectivity index (χ4v) is 2.38. The summed E-state index contributed by atoms with van der Waals surface area (Å²) in [6, 6.07) is 7.48. The van der Waals surface area contributed by atoms with Crippen LogP contribution in [0.3, 0.4) is 0 Å². The van der Waals surface area contributed by atoms with Crippen LogP contribution in [0.25, 0.3) is 0 Å². The van der Waals surface area contributed by atoms with Gasteiger partial charge in [-0.3, -0.25) is 10.1 Å². The summed E-state index contributed by atoms with van der Waals surface area (Å²) >= 11 is 0. The van der Waals surface area contributed by atoms with Gasteiger partial charge in [0.15, 0.2) is 0 Å². The molecule has 25 heavy (non-hydrogen) atoms. The van der Waals surface area contributed by atoms with Crippen LogP contribution in [-0.2, 0) is 6.54 Å². The van der Waals surface area contributed by atoms with E-state index in [0.29, 0.717) is 18.9 Å². The van der Waals surface area contributed by atoms with Gasteiger partial charge in [0, 0.05) is 20.1 Å². The first-order valence-electron chi connectivity index (χ1n) is 8.14. The molecule has 0 aliphatic rings. The molecular weight excluding hydrogens is 322 g/mol. The van der Waals surface area contributed by atoms with Crippen molar-refractivity contribution in [2.45, 2.75) is 26.3 Å². The van der Waals surface area contributed by atoms with E-state index in [1.165, 1.54) is 6.33 Å². The molecule has 0 bridgehead atoms. The maximum absolute atomic E-state index is 11.6. The molecule has 1 heterocycles. The molecule has 1 aromatic heterocycles. The van der Waals surface area contributed by atoms with Gasteiger partial charge in [0.1, 0.15) is 12.1 Å². The second kappa shape index (κ2) is 8.81. The van der Waals surface area contributed by atoms with Crippen LogP contribution in [0.4, 0.5) is 17.3 Å². The quantitative estimate of drug-likeness (QED) is 0.551. The summed E-state index contributed by atoms with van der Waals surface area (Å²) in [6.45, 7) is 3.19.